The number of nitroso groups, excluding NO2 is 1. The molecule has 62 valence electrons. The molecule has 0 aromatic rings. The van der Waals surface area contributed by atoms with Gasteiger partial charge >= 0.3 is 0 Å². The molecule has 0 heterocycles. The molecule has 0 unspecified atom stereocenters. The Bertz CT molecular complexity index is 166. The largest absolute Gasteiger partial charge is 0.365 e. The van der Waals surface area contributed by atoms with E-state index in [0.29, 0.717) is 5.01 Å². The maximum atomic E-state index is 10.0. The predicted octanol–water partition coefficient (Wildman–Crippen LogP) is -0.860. The van der Waals surface area contributed by atoms with Crippen LogP contribution in [0, 0.1) is 20.4 Å². The van der Waals surface area contributed by atoms with E-state index in [-0.39, 0.29) is 13.1 Å². The summed E-state index contributed by atoms with van der Waals surface area (Å²) < 4.78 is 0. The highest BCUT2D eigenvalue weighted by atomic mass is 16.7. The molecule has 0 saturated heterocycles. The zero-order valence-corrected chi connectivity index (χ0v) is 5.56. The van der Waals surface area contributed by atoms with E-state index < -0.39 is 11.0 Å². The van der Waals surface area contributed by atoms with Crippen LogP contribution in [0.4, 0.5) is 0 Å². The van der Waals surface area contributed by atoms with Crippen molar-refractivity contribution in [2.45, 2.75) is 0 Å². The Morgan fingerprint density at radius 1 is 1.82 bits per heavy atom. The third-order valence-corrected chi connectivity index (χ3v) is 0.878. The predicted molar refractivity (Wildman–Crippen MR) is 36.3 cm³/mol. The molecule has 0 rings (SSSR count). The van der Waals surface area contributed by atoms with E-state index in [1.54, 1.807) is 0 Å². The Balaban J connectivity index is 4.00. The Labute approximate surface area is 61.6 Å². The average Bonchev–Trinajstić information content (AvgIpc) is 1.87. The summed E-state index contributed by atoms with van der Waals surface area (Å²) in [7, 11) is 0. The van der Waals surface area contributed by atoms with Gasteiger partial charge in [0, 0.05) is 0 Å². The molecular weight excluding hydrogens is 154 g/mol. The second kappa shape index (κ2) is 4.14. The molecule has 3 N–H and O–H groups in total. The molecule has 0 aromatic carbocycles. The summed E-state index contributed by atoms with van der Waals surface area (Å²) in [5, 5.41) is 18.6. The number of hydrogen-bond acceptors (Lipinski definition) is 5. The van der Waals surface area contributed by atoms with E-state index in [1.165, 1.54) is 0 Å². The Morgan fingerprint density at radius 3 is 2.64 bits per heavy atom. The summed E-state index contributed by atoms with van der Waals surface area (Å²) in [5.41, 5.74) is 4.80. The van der Waals surface area contributed by atoms with E-state index in [4.69, 9.17) is 11.1 Å². The Morgan fingerprint density at radius 2 is 2.36 bits per heavy atom. The summed E-state index contributed by atoms with van der Waals surface area (Å²) >= 11 is 0. The van der Waals surface area contributed by atoms with Crippen molar-refractivity contribution in [2.75, 3.05) is 13.1 Å². The topological polar surface area (TPSA) is 126 Å². The van der Waals surface area contributed by atoms with Gasteiger partial charge in [0.1, 0.15) is 13.1 Å². The maximum absolute atomic E-state index is 10.0. The standard InChI is InChI=1S/C3H7N5O3/c4-3(5)7(8(10)11)2-1-6-9/h1-2H2,(H3,4,5). The molecule has 0 spiro atoms. The molecule has 0 aromatic heterocycles. The van der Waals surface area contributed by atoms with Crippen LogP contribution in [0.5, 0.6) is 0 Å². The highest BCUT2D eigenvalue weighted by Crippen LogP contribution is 1.86. The molecule has 0 amide bonds. The second-order valence-corrected chi connectivity index (χ2v) is 1.60. The third-order valence-electron chi connectivity index (χ3n) is 0.878. The summed E-state index contributed by atoms with van der Waals surface area (Å²) in [4.78, 5) is 19.6. The SMILES string of the molecule is N=C(N)N(CCN=O)[N+](=O)[O-]. The van der Waals surface area contributed by atoms with Crippen molar-refractivity contribution < 1.29 is 5.03 Å². The minimum atomic E-state index is -0.868. The van der Waals surface area contributed by atoms with Crippen LogP contribution in [0.25, 0.3) is 0 Å². The Hall–Kier alpha value is -1.73. The van der Waals surface area contributed by atoms with Gasteiger partial charge in [0.15, 0.2) is 5.03 Å². The van der Waals surface area contributed by atoms with Gasteiger partial charge in [-0.05, 0) is 0 Å². The number of nitrogens with one attached hydrogen (secondary N) is 1. The lowest BCUT2D eigenvalue weighted by molar-refractivity contribution is -0.629. The van der Waals surface area contributed by atoms with Crippen LogP contribution in [0.1, 0.15) is 0 Å². The summed E-state index contributed by atoms with van der Waals surface area (Å²) in [6.07, 6.45) is 0. The fraction of sp³-hybridized carbons (Fsp3) is 0.667. The van der Waals surface area contributed by atoms with Crippen molar-refractivity contribution in [3.05, 3.63) is 15.0 Å². The lowest BCUT2D eigenvalue weighted by atomic mass is 10.6. The van der Waals surface area contributed by atoms with Crippen molar-refractivity contribution in [1.29, 1.82) is 5.41 Å². The number of nitro groups is 1. The van der Waals surface area contributed by atoms with E-state index in [1.807, 2.05) is 0 Å². The first-order valence-electron chi connectivity index (χ1n) is 2.64. The minimum absolute atomic E-state index is 0.263. The van der Waals surface area contributed by atoms with Crippen molar-refractivity contribution in [2.24, 2.45) is 10.9 Å². The summed E-state index contributed by atoms with van der Waals surface area (Å²) in [6.45, 7) is -0.535. The van der Waals surface area contributed by atoms with Crippen molar-refractivity contribution >= 4 is 5.96 Å². The molecule has 0 aliphatic heterocycles. The quantitative estimate of drug-likeness (QED) is 0.182. The second-order valence-electron chi connectivity index (χ2n) is 1.60. The van der Waals surface area contributed by atoms with E-state index >= 15 is 0 Å². The molecule has 0 bridgehead atoms. The number of nitrogens with zero attached hydrogens (tertiary/aromatic N) is 3. The van der Waals surface area contributed by atoms with Crippen molar-refractivity contribution in [3.8, 4) is 0 Å². The lowest BCUT2D eigenvalue weighted by Crippen LogP contribution is -2.42. The first kappa shape index (κ1) is 9.27. The normalized spacial score (nSPS) is 8.73. The number of hydrogen-bond donors (Lipinski definition) is 2. The number of guanidine groups is 1. The van der Waals surface area contributed by atoms with Crippen molar-refractivity contribution in [1.82, 2.24) is 5.01 Å². The van der Waals surface area contributed by atoms with Crippen molar-refractivity contribution in [3.63, 3.8) is 0 Å². The summed E-state index contributed by atoms with van der Waals surface area (Å²) in [5.74, 6) is -0.710. The molecule has 0 aliphatic carbocycles. The number of hydrazine groups is 1. The third kappa shape index (κ3) is 3.08. The van der Waals surface area contributed by atoms with Crippen LogP contribution in [-0.2, 0) is 0 Å². The van der Waals surface area contributed by atoms with Gasteiger partial charge in [0.05, 0.1) is 0 Å². The fourth-order valence-corrected chi connectivity index (χ4v) is 0.426. The van der Waals surface area contributed by atoms with Crippen LogP contribution >= 0.6 is 0 Å². The summed E-state index contributed by atoms with van der Waals surface area (Å²) in [6, 6.07) is 0. The molecule has 0 aliphatic rings. The highest BCUT2D eigenvalue weighted by Gasteiger charge is 2.16. The van der Waals surface area contributed by atoms with Gasteiger partial charge in [-0.3, -0.25) is 5.41 Å². The minimum Gasteiger partial charge on any atom is -0.365 e. The average molecular weight is 161 g/mol. The van der Waals surface area contributed by atoms with Gasteiger partial charge in [-0.25, -0.2) is 10.1 Å². The van der Waals surface area contributed by atoms with Gasteiger partial charge in [-0.15, -0.1) is 0 Å². The van der Waals surface area contributed by atoms with Crippen LogP contribution < -0.4 is 5.73 Å². The monoisotopic (exact) mass is 161 g/mol. The zero-order chi connectivity index (χ0) is 8.85. The zero-order valence-electron chi connectivity index (χ0n) is 5.56. The molecular formula is C3H7N5O3. The fourth-order valence-electron chi connectivity index (χ4n) is 0.426. The first-order chi connectivity index (χ1) is 5.09. The lowest BCUT2D eigenvalue weighted by Gasteiger charge is -2.08. The van der Waals surface area contributed by atoms with Gasteiger partial charge in [0.2, 0.25) is 0 Å². The van der Waals surface area contributed by atoms with Crippen LogP contribution in [-0.4, -0.2) is 29.1 Å². The van der Waals surface area contributed by atoms with E-state index in [0.717, 1.165) is 0 Å². The van der Waals surface area contributed by atoms with E-state index in [2.05, 4.69) is 5.18 Å². The molecule has 0 saturated carbocycles. The highest BCUT2D eigenvalue weighted by molar-refractivity contribution is 5.73. The maximum Gasteiger partial charge on any atom is 0.252 e. The van der Waals surface area contributed by atoms with Crippen LogP contribution in [0.15, 0.2) is 5.18 Å². The smallest absolute Gasteiger partial charge is 0.252 e. The van der Waals surface area contributed by atoms with Gasteiger partial charge < -0.3 is 5.73 Å². The number of nitrogens with two attached hydrogens (primary N) is 1. The van der Waals surface area contributed by atoms with Gasteiger partial charge in [0.25, 0.3) is 5.96 Å². The van der Waals surface area contributed by atoms with E-state index in [9.17, 15) is 15.0 Å². The van der Waals surface area contributed by atoms with Gasteiger partial charge in [-0.2, -0.15) is 4.91 Å². The van der Waals surface area contributed by atoms with Crippen LogP contribution in [0.3, 0.4) is 0 Å². The molecule has 11 heavy (non-hydrogen) atoms. The van der Waals surface area contributed by atoms with Crippen LogP contribution in [0.2, 0.25) is 0 Å². The van der Waals surface area contributed by atoms with Gasteiger partial charge in [-0.1, -0.05) is 10.2 Å². The molecule has 8 heteroatoms. The molecule has 0 atom stereocenters. The Kier molecular flexibility index (Phi) is 3.49. The molecule has 0 fully saturated rings. The molecule has 8 nitrogen and oxygen atoms in total. The number of rotatable bonds is 4. The first-order valence-corrected chi connectivity index (χ1v) is 2.64. The molecule has 0 radical (unpaired) electrons.